The molecule has 5 nitrogen and oxygen atoms in total. The van der Waals surface area contributed by atoms with Gasteiger partial charge in [-0.15, -0.1) is 11.3 Å². The second kappa shape index (κ2) is 7.81. The quantitative estimate of drug-likeness (QED) is 0.682. The predicted octanol–water partition coefficient (Wildman–Crippen LogP) is 3.98. The lowest BCUT2D eigenvalue weighted by molar-refractivity contribution is -0.116. The smallest absolute Gasteiger partial charge is 0.224 e. The molecule has 1 aromatic carbocycles. The van der Waals surface area contributed by atoms with Crippen LogP contribution in [0.4, 0.5) is 5.69 Å². The zero-order chi connectivity index (χ0) is 17.6. The van der Waals surface area contributed by atoms with Crippen molar-refractivity contribution in [2.75, 3.05) is 5.32 Å². The fourth-order valence-electron chi connectivity index (χ4n) is 2.29. The van der Waals surface area contributed by atoms with Gasteiger partial charge < -0.3 is 5.32 Å². The second-order valence-corrected chi connectivity index (χ2v) is 6.47. The largest absolute Gasteiger partial charge is 0.326 e. The fraction of sp³-hybridized carbons (Fsp3) is 0.158. The number of ketones is 1. The molecule has 0 saturated carbocycles. The molecule has 3 rings (SSSR count). The minimum absolute atomic E-state index is 0.00496. The number of aromatic nitrogens is 2. The number of nitrogens with one attached hydrogen (secondary N) is 1. The van der Waals surface area contributed by atoms with Gasteiger partial charge in [0.15, 0.2) is 5.78 Å². The van der Waals surface area contributed by atoms with Crippen LogP contribution in [-0.4, -0.2) is 21.7 Å². The van der Waals surface area contributed by atoms with Gasteiger partial charge in [-0.25, -0.2) is 4.98 Å². The van der Waals surface area contributed by atoms with Crippen molar-refractivity contribution >= 4 is 28.7 Å². The molecular weight excluding hydrogens is 334 g/mol. The minimum Gasteiger partial charge on any atom is -0.326 e. The molecule has 0 aliphatic heterocycles. The number of carbonyl (C=O) groups excluding carboxylic acids is 2. The summed E-state index contributed by atoms with van der Waals surface area (Å²) in [6.45, 7) is 1.51. The first kappa shape index (κ1) is 17.0. The van der Waals surface area contributed by atoms with E-state index in [2.05, 4.69) is 15.3 Å². The van der Waals surface area contributed by atoms with Gasteiger partial charge in [0, 0.05) is 35.7 Å². The molecule has 0 fully saturated rings. The van der Waals surface area contributed by atoms with Crippen LogP contribution in [-0.2, 0) is 11.2 Å². The number of Topliss-reactive ketones (excluding diaryl/α,β-unsaturated/α-hetero) is 1. The van der Waals surface area contributed by atoms with Crippen molar-refractivity contribution in [3.63, 3.8) is 0 Å². The van der Waals surface area contributed by atoms with Gasteiger partial charge in [-0.2, -0.15) is 0 Å². The van der Waals surface area contributed by atoms with Gasteiger partial charge in [-0.1, -0.05) is 6.07 Å². The van der Waals surface area contributed by atoms with Crippen LogP contribution in [0.1, 0.15) is 28.7 Å². The van der Waals surface area contributed by atoms with Crippen molar-refractivity contribution in [1.82, 2.24) is 9.97 Å². The van der Waals surface area contributed by atoms with Crippen molar-refractivity contribution in [2.45, 2.75) is 19.8 Å². The number of carbonyl (C=O) groups is 2. The van der Waals surface area contributed by atoms with Crippen molar-refractivity contribution in [3.8, 4) is 11.4 Å². The molecule has 0 aliphatic rings. The minimum atomic E-state index is -0.0786. The molecule has 1 N–H and O–H groups in total. The maximum Gasteiger partial charge on any atom is 0.224 e. The molecule has 0 saturated heterocycles. The average Bonchev–Trinajstić information content (AvgIpc) is 3.10. The van der Waals surface area contributed by atoms with E-state index in [4.69, 9.17) is 0 Å². The highest BCUT2D eigenvalue weighted by molar-refractivity contribution is 7.09. The van der Waals surface area contributed by atoms with E-state index in [0.29, 0.717) is 24.1 Å². The van der Waals surface area contributed by atoms with Crippen molar-refractivity contribution in [3.05, 3.63) is 64.6 Å². The second-order valence-electron chi connectivity index (χ2n) is 5.52. The van der Waals surface area contributed by atoms with Crippen LogP contribution < -0.4 is 5.32 Å². The van der Waals surface area contributed by atoms with E-state index < -0.39 is 0 Å². The van der Waals surface area contributed by atoms with Crippen molar-refractivity contribution < 1.29 is 9.59 Å². The fourth-order valence-corrected chi connectivity index (χ4v) is 3.08. The van der Waals surface area contributed by atoms with E-state index in [1.165, 1.54) is 18.3 Å². The molecule has 2 aromatic heterocycles. The monoisotopic (exact) mass is 351 g/mol. The van der Waals surface area contributed by atoms with Crippen LogP contribution in [0.25, 0.3) is 11.4 Å². The predicted molar refractivity (Wildman–Crippen MR) is 98.7 cm³/mol. The SMILES string of the molecule is CC(=O)c1ccc(NC(=O)CCc2nc(-c3ccccn3)cs2)cc1. The van der Waals surface area contributed by atoms with Crippen LogP contribution in [0.2, 0.25) is 0 Å². The van der Waals surface area contributed by atoms with Gasteiger partial charge in [0.25, 0.3) is 0 Å². The highest BCUT2D eigenvalue weighted by Gasteiger charge is 2.08. The van der Waals surface area contributed by atoms with Gasteiger partial charge >= 0.3 is 0 Å². The highest BCUT2D eigenvalue weighted by atomic mass is 32.1. The molecule has 25 heavy (non-hydrogen) atoms. The third-order valence-corrected chi connectivity index (χ3v) is 4.53. The zero-order valence-corrected chi connectivity index (χ0v) is 14.5. The van der Waals surface area contributed by atoms with Crippen molar-refractivity contribution in [2.24, 2.45) is 0 Å². The molecule has 0 radical (unpaired) electrons. The van der Waals surface area contributed by atoms with E-state index in [1.807, 2.05) is 23.6 Å². The molecular formula is C19H17N3O2S. The number of aryl methyl sites for hydroxylation is 1. The first-order valence-corrected chi connectivity index (χ1v) is 8.76. The lowest BCUT2D eigenvalue weighted by Gasteiger charge is -2.05. The van der Waals surface area contributed by atoms with Gasteiger partial charge in [0.1, 0.15) is 0 Å². The molecule has 3 aromatic rings. The van der Waals surface area contributed by atoms with E-state index >= 15 is 0 Å². The number of benzene rings is 1. The summed E-state index contributed by atoms with van der Waals surface area (Å²) in [6.07, 6.45) is 2.66. The molecule has 6 heteroatoms. The third kappa shape index (κ3) is 4.58. The summed E-state index contributed by atoms with van der Waals surface area (Å²) in [5.41, 5.74) is 2.98. The van der Waals surface area contributed by atoms with Crippen LogP contribution in [0.5, 0.6) is 0 Å². The first-order valence-electron chi connectivity index (χ1n) is 7.88. The van der Waals surface area contributed by atoms with Crippen LogP contribution in [0.15, 0.2) is 54.0 Å². The van der Waals surface area contributed by atoms with Gasteiger partial charge in [0.2, 0.25) is 5.91 Å². The summed E-state index contributed by atoms with van der Waals surface area (Å²) in [5, 5.41) is 5.69. The Bertz CT molecular complexity index is 873. The summed E-state index contributed by atoms with van der Waals surface area (Å²) in [6, 6.07) is 12.6. The van der Waals surface area contributed by atoms with Crippen LogP contribution >= 0.6 is 11.3 Å². The lowest BCUT2D eigenvalue weighted by Crippen LogP contribution is -2.12. The maximum absolute atomic E-state index is 12.1. The Hall–Kier alpha value is -2.86. The number of hydrogen-bond acceptors (Lipinski definition) is 5. The normalized spacial score (nSPS) is 10.4. The molecule has 2 heterocycles. The number of amides is 1. The molecule has 0 aliphatic carbocycles. The summed E-state index contributed by atoms with van der Waals surface area (Å²) in [4.78, 5) is 32.1. The van der Waals surface area contributed by atoms with Crippen LogP contribution in [0.3, 0.4) is 0 Å². The highest BCUT2D eigenvalue weighted by Crippen LogP contribution is 2.20. The number of rotatable bonds is 6. The van der Waals surface area contributed by atoms with Gasteiger partial charge in [-0.3, -0.25) is 14.6 Å². The third-order valence-electron chi connectivity index (χ3n) is 3.62. The summed E-state index contributed by atoms with van der Waals surface area (Å²) in [5.74, 6) is -0.0736. The van der Waals surface area contributed by atoms with Gasteiger partial charge in [-0.05, 0) is 43.3 Å². The lowest BCUT2D eigenvalue weighted by atomic mass is 10.1. The molecule has 1 amide bonds. The summed E-state index contributed by atoms with van der Waals surface area (Å²) < 4.78 is 0. The average molecular weight is 351 g/mol. The number of pyridine rings is 1. The van der Waals surface area contributed by atoms with Gasteiger partial charge in [0.05, 0.1) is 16.4 Å². The maximum atomic E-state index is 12.1. The Morgan fingerprint density at radius 2 is 1.88 bits per heavy atom. The van der Waals surface area contributed by atoms with E-state index in [0.717, 1.165) is 16.4 Å². The van der Waals surface area contributed by atoms with E-state index in [9.17, 15) is 9.59 Å². The standard InChI is InChI=1S/C19H17N3O2S/c1-13(23)14-5-7-15(8-6-14)21-18(24)9-10-19-22-17(12-25-19)16-4-2-3-11-20-16/h2-8,11-12H,9-10H2,1H3,(H,21,24). The number of thiazole rings is 1. The summed E-state index contributed by atoms with van der Waals surface area (Å²) in [7, 11) is 0. The Morgan fingerprint density at radius 1 is 1.08 bits per heavy atom. The topological polar surface area (TPSA) is 72.0 Å². The Morgan fingerprint density at radius 3 is 2.56 bits per heavy atom. The Balaban J connectivity index is 1.54. The first-order chi connectivity index (χ1) is 12.1. The van der Waals surface area contributed by atoms with Crippen LogP contribution in [0, 0.1) is 0 Å². The molecule has 0 spiro atoms. The van der Waals surface area contributed by atoms with Crippen molar-refractivity contribution in [1.29, 1.82) is 0 Å². The molecule has 126 valence electrons. The number of hydrogen-bond donors (Lipinski definition) is 1. The Kier molecular flexibility index (Phi) is 5.30. The number of anilines is 1. The molecule has 0 atom stereocenters. The molecule has 0 bridgehead atoms. The zero-order valence-electron chi connectivity index (χ0n) is 13.7. The molecule has 0 unspecified atom stereocenters. The van der Waals surface area contributed by atoms with E-state index in [1.54, 1.807) is 30.5 Å². The number of nitrogens with zero attached hydrogens (tertiary/aromatic N) is 2. The summed E-state index contributed by atoms with van der Waals surface area (Å²) >= 11 is 1.53. The van der Waals surface area contributed by atoms with E-state index in [-0.39, 0.29) is 11.7 Å². The Labute approximate surface area is 149 Å².